The molecule has 0 spiro atoms. The summed E-state index contributed by atoms with van der Waals surface area (Å²) in [6, 6.07) is 10.7. The van der Waals surface area contributed by atoms with Gasteiger partial charge in [0.15, 0.2) is 0 Å². The molecular formula is C17H13ClFNO. The van der Waals surface area contributed by atoms with Crippen molar-refractivity contribution in [3.05, 3.63) is 64.6 Å². The lowest BCUT2D eigenvalue weighted by molar-refractivity contribution is 0.353. The van der Waals surface area contributed by atoms with Crippen molar-refractivity contribution >= 4 is 22.5 Å². The minimum Gasteiger partial charge on any atom is -0.493 e. The molecule has 0 amide bonds. The van der Waals surface area contributed by atoms with Crippen LogP contribution in [0.3, 0.4) is 0 Å². The van der Waals surface area contributed by atoms with E-state index < -0.39 is 0 Å². The van der Waals surface area contributed by atoms with Crippen molar-refractivity contribution in [3.8, 4) is 5.75 Å². The monoisotopic (exact) mass is 301 g/mol. The van der Waals surface area contributed by atoms with Gasteiger partial charge < -0.3 is 9.30 Å². The van der Waals surface area contributed by atoms with Gasteiger partial charge >= 0.3 is 0 Å². The zero-order chi connectivity index (χ0) is 14.4. The fourth-order valence-electron chi connectivity index (χ4n) is 2.96. The fraction of sp³-hybridized carbons (Fsp3) is 0.176. The summed E-state index contributed by atoms with van der Waals surface area (Å²) in [6.07, 6.45) is 2.87. The number of benzene rings is 2. The molecule has 1 aromatic heterocycles. The first-order valence-electron chi connectivity index (χ1n) is 6.89. The van der Waals surface area contributed by atoms with E-state index in [4.69, 9.17) is 16.3 Å². The van der Waals surface area contributed by atoms with E-state index in [-0.39, 0.29) is 5.82 Å². The molecule has 0 saturated heterocycles. The predicted molar refractivity (Wildman–Crippen MR) is 81.6 cm³/mol. The summed E-state index contributed by atoms with van der Waals surface area (Å²) in [5, 5.41) is 1.63. The maximum Gasteiger partial charge on any atom is 0.127 e. The Morgan fingerprint density at radius 2 is 2.10 bits per heavy atom. The Hall–Kier alpha value is -2.00. The first-order valence-corrected chi connectivity index (χ1v) is 7.27. The summed E-state index contributed by atoms with van der Waals surface area (Å²) in [6.45, 7) is 1.37. The van der Waals surface area contributed by atoms with Crippen LogP contribution in [-0.2, 0) is 13.0 Å². The standard InChI is InChI=1S/C17H13ClFNO/c18-14-7-12-4-6-21-17(12)13(8-14)10-20-5-3-11-9-15(19)1-2-16(11)20/h1-3,5,7-9H,4,6,10H2. The second-order valence-corrected chi connectivity index (χ2v) is 5.73. The Kier molecular flexibility index (Phi) is 2.89. The molecule has 0 radical (unpaired) electrons. The van der Waals surface area contributed by atoms with Gasteiger partial charge in [-0.3, -0.25) is 0 Å². The number of hydrogen-bond acceptors (Lipinski definition) is 1. The molecule has 4 rings (SSSR count). The fourth-order valence-corrected chi connectivity index (χ4v) is 3.22. The van der Waals surface area contributed by atoms with Gasteiger partial charge in [-0.15, -0.1) is 0 Å². The smallest absolute Gasteiger partial charge is 0.127 e. The van der Waals surface area contributed by atoms with Crippen LogP contribution in [0.25, 0.3) is 10.9 Å². The first-order chi connectivity index (χ1) is 10.2. The highest BCUT2D eigenvalue weighted by atomic mass is 35.5. The Morgan fingerprint density at radius 3 is 3.00 bits per heavy atom. The third kappa shape index (κ3) is 2.18. The quantitative estimate of drug-likeness (QED) is 0.683. The van der Waals surface area contributed by atoms with Gasteiger partial charge in [0, 0.05) is 34.1 Å². The van der Waals surface area contributed by atoms with Crippen LogP contribution in [0.2, 0.25) is 5.02 Å². The number of nitrogens with zero attached hydrogens (tertiary/aromatic N) is 1. The molecule has 0 fully saturated rings. The number of hydrogen-bond donors (Lipinski definition) is 0. The van der Waals surface area contributed by atoms with E-state index in [1.165, 1.54) is 11.6 Å². The SMILES string of the molecule is Fc1ccc2c(ccn2Cc2cc(Cl)cc3c2OCC3)c1. The molecule has 1 aliphatic rings. The van der Waals surface area contributed by atoms with Crippen molar-refractivity contribution in [2.45, 2.75) is 13.0 Å². The van der Waals surface area contributed by atoms with Crippen LogP contribution >= 0.6 is 11.6 Å². The Balaban J connectivity index is 1.79. The molecule has 0 atom stereocenters. The second-order valence-electron chi connectivity index (χ2n) is 5.30. The average Bonchev–Trinajstić information content (AvgIpc) is 3.05. The van der Waals surface area contributed by atoms with Crippen LogP contribution in [0.5, 0.6) is 5.75 Å². The molecule has 2 nitrogen and oxygen atoms in total. The Labute approximate surface area is 126 Å². The van der Waals surface area contributed by atoms with Crippen molar-refractivity contribution < 1.29 is 9.13 Å². The normalized spacial score (nSPS) is 13.4. The molecule has 0 saturated carbocycles. The summed E-state index contributed by atoms with van der Waals surface area (Å²) >= 11 is 6.19. The molecule has 106 valence electrons. The van der Waals surface area contributed by atoms with Gasteiger partial charge in [-0.25, -0.2) is 4.39 Å². The third-order valence-corrected chi connectivity index (χ3v) is 4.12. The maximum atomic E-state index is 13.3. The summed E-state index contributed by atoms with van der Waals surface area (Å²) in [5.74, 6) is 0.732. The van der Waals surface area contributed by atoms with E-state index >= 15 is 0 Å². The highest BCUT2D eigenvalue weighted by molar-refractivity contribution is 6.30. The summed E-state index contributed by atoms with van der Waals surface area (Å²) in [7, 11) is 0. The molecule has 4 heteroatoms. The Morgan fingerprint density at radius 1 is 1.19 bits per heavy atom. The number of ether oxygens (including phenoxy) is 1. The van der Waals surface area contributed by atoms with Crippen molar-refractivity contribution in [3.63, 3.8) is 0 Å². The molecule has 1 aliphatic heterocycles. The van der Waals surface area contributed by atoms with E-state index in [9.17, 15) is 4.39 Å². The lowest BCUT2D eigenvalue weighted by atomic mass is 10.1. The van der Waals surface area contributed by atoms with Gasteiger partial charge in [0.25, 0.3) is 0 Å². The number of halogens is 2. The van der Waals surface area contributed by atoms with Crippen molar-refractivity contribution in [1.29, 1.82) is 0 Å². The van der Waals surface area contributed by atoms with Gasteiger partial charge in [0.05, 0.1) is 13.2 Å². The summed E-state index contributed by atoms with van der Waals surface area (Å²) < 4.78 is 21.1. The van der Waals surface area contributed by atoms with Crippen LogP contribution in [0.15, 0.2) is 42.6 Å². The molecule has 0 bridgehead atoms. The topological polar surface area (TPSA) is 14.2 Å². The highest BCUT2D eigenvalue weighted by Crippen LogP contribution is 2.34. The van der Waals surface area contributed by atoms with Crippen molar-refractivity contribution in [1.82, 2.24) is 4.57 Å². The van der Waals surface area contributed by atoms with E-state index in [1.807, 2.05) is 24.4 Å². The van der Waals surface area contributed by atoms with E-state index in [1.54, 1.807) is 12.1 Å². The predicted octanol–water partition coefficient (Wildman–Crippen LogP) is 4.42. The maximum absolute atomic E-state index is 13.3. The zero-order valence-electron chi connectivity index (χ0n) is 11.3. The zero-order valence-corrected chi connectivity index (χ0v) is 12.0. The average molecular weight is 302 g/mol. The van der Waals surface area contributed by atoms with Crippen molar-refractivity contribution in [2.24, 2.45) is 0 Å². The Bertz CT molecular complexity index is 840. The van der Waals surface area contributed by atoms with Gasteiger partial charge in [-0.05, 0) is 42.0 Å². The van der Waals surface area contributed by atoms with Crippen LogP contribution < -0.4 is 4.74 Å². The highest BCUT2D eigenvalue weighted by Gasteiger charge is 2.18. The molecule has 21 heavy (non-hydrogen) atoms. The van der Waals surface area contributed by atoms with Gasteiger partial charge in [-0.2, -0.15) is 0 Å². The van der Waals surface area contributed by atoms with Crippen LogP contribution in [-0.4, -0.2) is 11.2 Å². The minimum absolute atomic E-state index is 0.216. The molecule has 3 aromatic rings. The lowest BCUT2D eigenvalue weighted by Crippen LogP contribution is -2.00. The third-order valence-electron chi connectivity index (χ3n) is 3.90. The molecular weight excluding hydrogens is 289 g/mol. The molecule has 2 heterocycles. The van der Waals surface area contributed by atoms with Gasteiger partial charge in [0.1, 0.15) is 11.6 Å². The summed E-state index contributed by atoms with van der Waals surface area (Å²) in [5.41, 5.74) is 3.24. The summed E-state index contributed by atoms with van der Waals surface area (Å²) in [4.78, 5) is 0. The van der Waals surface area contributed by atoms with Gasteiger partial charge in [-0.1, -0.05) is 11.6 Å². The van der Waals surface area contributed by atoms with E-state index in [0.29, 0.717) is 13.2 Å². The van der Waals surface area contributed by atoms with E-state index in [2.05, 4.69) is 4.57 Å². The van der Waals surface area contributed by atoms with Crippen LogP contribution in [0.4, 0.5) is 4.39 Å². The molecule has 0 unspecified atom stereocenters. The number of fused-ring (bicyclic) bond motifs is 2. The minimum atomic E-state index is -0.216. The van der Waals surface area contributed by atoms with Crippen LogP contribution in [0, 0.1) is 5.82 Å². The number of rotatable bonds is 2. The molecule has 2 aromatic carbocycles. The lowest BCUT2D eigenvalue weighted by Gasteiger charge is -2.11. The number of aromatic nitrogens is 1. The van der Waals surface area contributed by atoms with Crippen LogP contribution in [0.1, 0.15) is 11.1 Å². The largest absolute Gasteiger partial charge is 0.493 e. The second kappa shape index (κ2) is 4.78. The van der Waals surface area contributed by atoms with E-state index in [0.717, 1.165) is 33.7 Å². The first kappa shape index (κ1) is 12.7. The molecule has 0 aliphatic carbocycles. The van der Waals surface area contributed by atoms with Gasteiger partial charge in [0.2, 0.25) is 0 Å². The van der Waals surface area contributed by atoms with Crippen molar-refractivity contribution in [2.75, 3.05) is 6.61 Å². The molecule has 0 N–H and O–H groups in total.